The van der Waals surface area contributed by atoms with Crippen LogP contribution in [0.15, 0.2) is 91.0 Å². The van der Waals surface area contributed by atoms with E-state index >= 15 is 0 Å². The summed E-state index contributed by atoms with van der Waals surface area (Å²) in [5.41, 5.74) is 2.84. The number of hydrogen-bond acceptors (Lipinski definition) is 5. The van der Waals surface area contributed by atoms with Crippen LogP contribution in [-0.4, -0.2) is 66.0 Å². The van der Waals surface area contributed by atoms with Crippen molar-refractivity contribution in [2.45, 2.75) is 57.0 Å². The van der Waals surface area contributed by atoms with E-state index in [9.17, 15) is 14.4 Å². The Balaban J connectivity index is 1.21. The van der Waals surface area contributed by atoms with Gasteiger partial charge in [-0.3, -0.25) is 14.4 Å². The number of piperidine rings is 1. The Morgan fingerprint density at radius 1 is 0.889 bits per heavy atom. The molecular weight excluding hydrogens is 564 g/mol. The average Bonchev–Trinajstić information content (AvgIpc) is 3.07. The molecule has 3 amide bonds. The van der Waals surface area contributed by atoms with Gasteiger partial charge in [-0.15, -0.1) is 0 Å². The number of aromatic nitrogens is 1. The monoisotopic (exact) mass is 606 g/mol. The number of carbonyl (C=O) groups excluding carboxylic acids is 3. The molecule has 2 saturated heterocycles. The highest BCUT2D eigenvalue weighted by atomic mass is 16.5. The van der Waals surface area contributed by atoms with Crippen LogP contribution >= 0.6 is 0 Å². The zero-order chi connectivity index (χ0) is 31.1. The largest absolute Gasteiger partial charge is 0.381 e. The molecule has 2 N–H and O–H groups in total. The maximum atomic E-state index is 13.9. The molecule has 8 heteroatoms. The Morgan fingerprint density at radius 2 is 1.62 bits per heavy atom. The van der Waals surface area contributed by atoms with Crippen molar-refractivity contribution in [2.75, 3.05) is 26.3 Å². The lowest BCUT2D eigenvalue weighted by Gasteiger charge is -2.40. The Morgan fingerprint density at radius 3 is 2.38 bits per heavy atom. The molecule has 1 spiro atoms. The van der Waals surface area contributed by atoms with Gasteiger partial charge in [0.1, 0.15) is 11.7 Å². The molecule has 2 fully saturated rings. The zero-order valence-corrected chi connectivity index (χ0v) is 25.7. The van der Waals surface area contributed by atoms with Gasteiger partial charge in [0.2, 0.25) is 11.8 Å². The van der Waals surface area contributed by atoms with E-state index in [4.69, 9.17) is 9.72 Å². The Hall–Kier alpha value is -4.30. The van der Waals surface area contributed by atoms with Gasteiger partial charge >= 0.3 is 0 Å². The van der Waals surface area contributed by atoms with E-state index in [1.54, 1.807) is 6.07 Å². The summed E-state index contributed by atoms with van der Waals surface area (Å²) in [6.45, 7) is 2.10. The van der Waals surface area contributed by atoms with Crippen molar-refractivity contribution in [3.8, 4) is 0 Å². The molecule has 234 valence electrons. The molecule has 3 atom stereocenters. The molecule has 2 aromatic carbocycles. The van der Waals surface area contributed by atoms with Gasteiger partial charge in [-0.05, 0) is 55.4 Å². The van der Waals surface area contributed by atoms with Crippen LogP contribution in [0.2, 0.25) is 0 Å². The first-order valence-electron chi connectivity index (χ1n) is 16.2. The van der Waals surface area contributed by atoms with Crippen LogP contribution in [0.4, 0.5) is 0 Å². The molecule has 45 heavy (non-hydrogen) atoms. The third-order valence-electron chi connectivity index (χ3n) is 9.55. The van der Waals surface area contributed by atoms with E-state index in [0.717, 1.165) is 16.8 Å². The fraction of sp³-hybridized carbons (Fsp3) is 0.405. The number of fused-ring (bicyclic) bond motifs is 1. The lowest BCUT2D eigenvalue weighted by atomic mass is 9.75. The predicted molar refractivity (Wildman–Crippen MR) is 172 cm³/mol. The molecule has 0 unspecified atom stereocenters. The first-order valence-corrected chi connectivity index (χ1v) is 16.2. The summed E-state index contributed by atoms with van der Waals surface area (Å²) in [6, 6.07) is 24.8. The van der Waals surface area contributed by atoms with Gasteiger partial charge in [-0.1, -0.05) is 78.9 Å². The minimum Gasteiger partial charge on any atom is -0.381 e. The van der Waals surface area contributed by atoms with Crippen LogP contribution in [0.25, 0.3) is 0 Å². The van der Waals surface area contributed by atoms with E-state index in [1.807, 2.05) is 65.6 Å². The fourth-order valence-electron chi connectivity index (χ4n) is 6.83. The normalized spacial score (nSPS) is 24.4. The van der Waals surface area contributed by atoms with Crippen LogP contribution in [0.1, 0.15) is 59.4 Å². The lowest BCUT2D eigenvalue weighted by molar-refractivity contribution is -0.140. The van der Waals surface area contributed by atoms with Gasteiger partial charge in [0.05, 0.1) is 5.41 Å². The van der Waals surface area contributed by atoms with Crippen LogP contribution in [0.5, 0.6) is 0 Å². The molecule has 1 aromatic heterocycles. The Labute approximate surface area is 265 Å². The highest BCUT2D eigenvalue weighted by molar-refractivity contribution is 5.93. The molecule has 0 saturated carbocycles. The molecule has 0 aliphatic carbocycles. The number of nitrogens with one attached hydrogen (secondary N) is 2. The molecule has 4 heterocycles. The summed E-state index contributed by atoms with van der Waals surface area (Å²) in [5.74, 6) is -0.302. The van der Waals surface area contributed by atoms with E-state index in [2.05, 4.69) is 34.9 Å². The van der Waals surface area contributed by atoms with Crippen molar-refractivity contribution in [1.82, 2.24) is 20.5 Å². The Kier molecular flexibility index (Phi) is 9.69. The number of hydrogen-bond donors (Lipinski definition) is 2. The minimum absolute atomic E-state index is 0.0357. The first-order chi connectivity index (χ1) is 22.0. The number of amides is 3. The zero-order valence-electron chi connectivity index (χ0n) is 25.7. The summed E-state index contributed by atoms with van der Waals surface area (Å²) in [5, 5.41) is 6.44. The summed E-state index contributed by atoms with van der Waals surface area (Å²) in [6.07, 6.45) is 8.49. The van der Waals surface area contributed by atoms with Crippen molar-refractivity contribution < 1.29 is 19.1 Å². The van der Waals surface area contributed by atoms with E-state index in [1.165, 1.54) is 0 Å². The van der Waals surface area contributed by atoms with Crippen LogP contribution in [0, 0.1) is 11.3 Å². The van der Waals surface area contributed by atoms with E-state index in [0.29, 0.717) is 76.9 Å². The SMILES string of the molecule is O=C1N[C@H]2CCN(C(=O)c3cccc(Cc4ccccc4)n3)C[C@H]2C/C=C/CC2(CCOCC2)C(=O)N[C@@H]1Cc1ccccc1. The van der Waals surface area contributed by atoms with Crippen LogP contribution < -0.4 is 10.6 Å². The number of pyridine rings is 1. The maximum Gasteiger partial charge on any atom is 0.272 e. The Bertz CT molecular complexity index is 1500. The fourth-order valence-corrected chi connectivity index (χ4v) is 6.83. The number of ether oxygens (including phenoxy) is 1. The summed E-state index contributed by atoms with van der Waals surface area (Å²) in [4.78, 5) is 48.0. The molecule has 3 aliphatic heterocycles. The number of nitrogens with zero attached hydrogens (tertiary/aromatic N) is 2. The average molecular weight is 607 g/mol. The first kappa shape index (κ1) is 30.7. The van der Waals surface area contributed by atoms with Crippen molar-refractivity contribution in [3.05, 3.63) is 114 Å². The third-order valence-corrected chi connectivity index (χ3v) is 9.55. The molecule has 6 rings (SSSR count). The number of carbonyl (C=O) groups is 3. The van der Waals surface area contributed by atoms with Gasteiger partial charge in [-0.25, -0.2) is 4.98 Å². The van der Waals surface area contributed by atoms with Crippen molar-refractivity contribution >= 4 is 17.7 Å². The van der Waals surface area contributed by atoms with Gasteiger partial charge in [0.25, 0.3) is 5.91 Å². The molecule has 3 aliphatic rings. The van der Waals surface area contributed by atoms with E-state index < -0.39 is 11.5 Å². The topological polar surface area (TPSA) is 101 Å². The summed E-state index contributed by atoms with van der Waals surface area (Å²) >= 11 is 0. The number of benzene rings is 2. The second-order valence-electron chi connectivity index (χ2n) is 12.6. The van der Waals surface area contributed by atoms with Crippen molar-refractivity contribution in [1.29, 1.82) is 0 Å². The standard InChI is InChI=1S/C37H42N4O4/c42-34-33(25-28-12-5-2-6-13-28)40-36(44)37(19-22-45-23-20-37)18-8-7-14-29-26-41(21-17-31(29)39-34)35(43)32-16-9-15-30(38-32)24-27-10-3-1-4-11-27/h1-13,15-16,29,31,33H,14,17-26H2,(H,39,42)(H,40,44)/b8-7+/t29-,31+,33-/m1/s1. The summed E-state index contributed by atoms with van der Waals surface area (Å²) in [7, 11) is 0. The molecule has 8 nitrogen and oxygen atoms in total. The van der Waals surface area contributed by atoms with Gasteiger partial charge < -0.3 is 20.3 Å². The van der Waals surface area contributed by atoms with E-state index in [-0.39, 0.29) is 29.7 Å². The number of allylic oxidation sites excluding steroid dienone is 2. The third kappa shape index (κ3) is 7.51. The van der Waals surface area contributed by atoms with Crippen LogP contribution in [-0.2, 0) is 27.2 Å². The van der Waals surface area contributed by atoms with Gasteiger partial charge in [0.15, 0.2) is 0 Å². The molecule has 0 bridgehead atoms. The highest BCUT2D eigenvalue weighted by Gasteiger charge is 2.42. The maximum absolute atomic E-state index is 13.9. The molecule has 0 radical (unpaired) electrons. The van der Waals surface area contributed by atoms with Crippen LogP contribution in [0.3, 0.4) is 0 Å². The minimum atomic E-state index is -0.695. The number of rotatable bonds is 5. The quantitative estimate of drug-likeness (QED) is 0.417. The predicted octanol–water partition coefficient (Wildman–Crippen LogP) is 4.49. The molecule has 3 aromatic rings. The van der Waals surface area contributed by atoms with Gasteiger partial charge in [-0.2, -0.15) is 0 Å². The summed E-state index contributed by atoms with van der Waals surface area (Å²) < 4.78 is 5.61. The van der Waals surface area contributed by atoms with Gasteiger partial charge in [0, 0.05) is 56.8 Å². The highest BCUT2D eigenvalue weighted by Crippen LogP contribution is 2.36. The molecular formula is C37H42N4O4. The second-order valence-corrected chi connectivity index (χ2v) is 12.6. The number of likely N-dealkylation sites (tertiary alicyclic amines) is 1. The smallest absolute Gasteiger partial charge is 0.272 e. The lowest BCUT2D eigenvalue weighted by Crippen LogP contribution is -2.58. The second kappa shape index (κ2) is 14.2. The van der Waals surface area contributed by atoms with Crippen molar-refractivity contribution in [3.63, 3.8) is 0 Å². The van der Waals surface area contributed by atoms with Crippen molar-refractivity contribution in [2.24, 2.45) is 11.3 Å².